The van der Waals surface area contributed by atoms with Crippen LogP contribution in [0.5, 0.6) is 0 Å². The zero-order valence-corrected chi connectivity index (χ0v) is 11.5. The maximum Gasteiger partial charge on any atom is 0.321 e. The van der Waals surface area contributed by atoms with Crippen LogP contribution in [0.15, 0.2) is 4.90 Å². The minimum absolute atomic E-state index is 0.106. The molecule has 1 atom stereocenters. The molecule has 0 fully saturated rings. The highest BCUT2D eigenvalue weighted by molar-refractivity contribution is 8.00. The molecule has 4 nitrogen and oxygen atoms in total. The zero-order valence-electron chi connectivity index (χ0n) is 10.7. The van der Waals surface area contributed by atoms with Gasteiger partial charge in [0.15, 0.2) is 23.3 Å². The number of hydrogen-bond donors (Lipinski definition) is 2. The number of nitrogens with one attached hydrogen (secondary N) is 2. The van der Waals surface area contributed by atoms with Gasteiger partial charge in [-0.25, -0.2) is 26.7 Å². The molecule has 0 radical (unpaired) electrons. The molecule has 0 aliphatic carbocycles. The van der Waals surface area contributed by atoms with Crippen molar-refractivity contribution in [2.75, 3.05) is 7.05 Å². The molecule has 10 heteroatoms. The molecule has 0 aliphatic heterocycles. The number of rotatable bonds is 3. The Morgan fingerprint density at radius 2 is 1.38 bits per heavy atom. The SMILES string of the molecule is CNC(=O)NC(=O)[C@H](C)Sc1c(F)c(F)c(F)c(F)c1F. The van der Waals surface area contributed by atoms with Crippen LogP contribution in [0.25, 0.3) is 0 Å². The first-order valence-electron chi connectivity index (χ1n) is 5.41. The van der Waals surface area contributed by atoms with Crippen molar-refractivity contribution in [3.63, 3.8) is 0 Å². The van der Waals surface area contributed by atoms with E-state index in [1.165, 1.54) is 7.05 Å². The van der Waals surface area contributed by atoms with Gasteiger partial charge in [0.2, 0.25) is 11.7 Å². The van der Waals surface area contributed by atoms with Crippen molar-refractivity contribution < 1.29 is 31.5 Å². The summed E-state index contributed by atoms with van der Waals surface area (Å²) in [7, 11) is 1.23. The lowest BCUT2D eigenvalue weighted by molar-refractivity contribution is -0.119. The highest BCUT2D eigenvalue weighted by atomic mass is 32.2. The number of imide groups is 1. The summed E-state index contributed by atoms with van der Waals surface area (Å²) in [6.45, 7) is 1.14. The van der Waals surface area contributed by atoms with Gasteiger partial charge in [-0.3, -0.25) is 10.1 Å². The van der Waals surface area contributed by atoms with E-state index in [2.05, 4.69) is 5.32 Å². The summed E-state index contributed by atoms with van der Waals surface area (Å²) < 4.78 is 65.6. The molecule has 3 amide bonds. The lowest BCUT2D eigenvalue weighted by Gasteiger charge is -2.13. The second kappa shape index (κ2) is 6.74. The Labute approximate surface area is 120 Å². The molecule has 1 aromatic carbocycles. The van der Waals surface area contributed by atoms with Crippen molar-refractivity contribution in [2.45, 2.75) is 17.1 Å². The van der Waals surface area contributed by atoms with Crippen LogP contribution in [0.1, 0.15) is 6.92 Å². The molecular formula is C11H9F5N2O2S. The number of thioether (sulfide) groups is 1. The molecule has 2 N–H and O–H groups in total. The third-order valence-electron chi connectivity index (χ3n) is 2.30. The maximum atomic E-state index is 13.4. The van der Waals surface area contributed by atoms with E-state index in [1.54, 1.807) is 0 Å². The van der Waals surface area contributed by atoms with Gasteiger partial charge in [0.25, 0.3) is 0 Å². The number of amides is 3. The Kier molecular flexibility index (Phi) is 5.53. The highest BCUT2D eigenvalue weighted by Gasteiger charge is 2.28. The smallest absolute Gasteiger partial charge is 0.321 e. The van der Waals surface area contributed by atoms with E-state index < -0.39 is 51.2 Å². The van der Waals surface area contributed by atoms with E-state index >= 15 is 0 Å². The Morgan fingerprint density at radius 3 is 1.81 bits per heavy atom. The molecule has 0 spiro atoms. The van der Waals surface area contributed by atoms with E-state index in [0.717, 1.165) is 6.92 Å². The number of carbonyl (C=O) groups is 2. The van der Waals surface area contributed by atoms with Crippen molar-refractivity contribution in [1.82, 2.24) is 10.6 Å². The Bertz CT molecular complexity index is 567. The first kappa shape index (κ1) is 17.2. The summed E-state index contributed by atoms with van der Waals surface area (Å²) in [5, 5.41) is 2.61. The summed E-state index contributed by atoms with van der Waals surface area (Å²) in [6.07, 6.45) is 0. The Hall–Kier alpha value is -1.84. The number of benzene rings is 1. The Balaban J connectivity index is 3.03. The van der Waals surface area contributed by atoms with Crippen LogP contribution in [0.4, 0.5) is 26.7 Å². The molecule has 21 heavy (non-hydrogen) atoms. The van der Waals surface area contributed by atoms with Gasteiger partial charge in [0.1, 0.15) is 0 Å². The molecule has 1 aromatic rings. The highest BCUT2D eigenvalue weighted by Crippen LogP contribution is 2.33. The van der Waals surface area contributed by atoms with Crippen molar-refractivity contribution in [3.8, 4) is 0 Å². The third kappa shape index (κ3) is 3.63. The second-order valence-corrected chi connectivity index (χ2v) is 5.08. The lowest BCUT2D eigenvalue weighted by Crippen LogP contribution is -2.41. The van der Waals surface area contributed by atoms with Gasteiger partial charge in [0.05, 0.1) is 10.1 Å². The predicted molar refractivity (Wildman–Crippen MR) is 64.1 cm³/mol. The first-order chi connectivity index (χ1) is 9.70. The fourth-order valence-corrected chi connectivity index (χ4v) is 2.10. The van der Waals surface area contributed by atoms with Gasteiger partial charge in [0, 0.05) is 7.05 Å². The number of hydrogen-bond acceptors (Lipinski definition) is 3. The minimum atomic E-state index is -2.28. The molecule has 1 rings (SSSR count). The van der Waals surface area contributed by atoms with Gasteiger partial charge in [-0.05, 0) is 6.92 Å². The largest absolute Gasteiger partial charge is 0.341 e. The quantitative estimate of drug-likeness (QED) is 0.387. The average Bonchev–Trinajstić information content (AvgIpc) is 2.46. The standard InChI is InChI=1S/C11H9F5N2O2S/c1-3(10(19)18-11(20)17-2)21-9-7(15)5(13)4(12)6(14)8(9)16/h3H,1-2H3,(H2,17,18,19,20)/t3-/m0/s1. The van der Waals surface area contributed by atoms with E-state index in [-0.39, 0.29) is 11.8 Å². The van der Waals surface area contributed by atoms with Crippen molar-refractivity contribution in [3.05, 3.63) is 29.1 Å². The fourth-order valence-electron chi connectivity index (χ4n) is 1.19. The van der Waals surface area contributed by atoms with Crippen molar-refractivity contribution in [1.29, 1.82) is 0 Å². The molecule has 0 unspecified atom stereocenters. The fraction of sp³-hybridized carbons (Fsp3) is 0.273. The molecule has 0 heterocycles. The molecule has 0 aliphatic rings. The van der Waals surface area contributed by atoms with Crippen LogP contribution in [-0.2, 0) is 4.79 Å². The van der Waals surface area contributed by atoms with Crippen molar-refractivity contribution in [2.24, 2.45) is 0 Å². The normalized spacial score (nSPS) is 12.0. The monoisotopic (exact) mass is 328 g/mol. The topological polar surface area (TPSA) is 58.2 Å². The molecule has 0 saturated heterocycles. The van der Waals surface area contributed by atoms with Gasteiger partial charge in [-0.15, -0.1) is 11.8 Å². The number of urea groups is 1. The van der Waals surface area contributed by atoms with Gasteiger partial charge < -0.3 is 5.32 Å². The van der Waals surface area contributed by atoms with Gasteiger partial charge in [-0.2, -0.15) is 0 Å². The van der Waals surface area contributed by atoms with Crippen LogP contribution >= 0.6 is 11.8 Å². The molecule has 0 saturated carbocycles. The van der Waals surface area contributed by atoms with E-state index in [9.17, 15) is 31.5 Å². The predicted octanol–water partition coefficient (Wildman–Crippen LogP) is 2.32. The molecule has 0 aromatic heterocycles. The van der Waals surface area contributed by atoms with Gasteiger partial charge in [-0.1, -0.05) is 0 Å². The average molecular weight is 328 g/mol. The summed E-state index contributed by atoms with van der Waals surface area (Å²) in [4.78, 5) is 21.2. The molecule has 116 valence electrons. The molecular weight excluding hydrogens is 319 g/mol. The van der Waals surface area contributed by atoms with Crippen LogP contribution < -0.4 is 10.6 Å². The van der Waals surface area contributed by atoms with Crippen LogP contribution in [0, 0.1) is 29.1 Å². The summed E-state index contributed by atoms with van der Waals surface area (Å²) in [5.74, 6) is -11.5. The summed E-state index contributed by atoms with van der Waals surface area (Å²) in [6, 6.07) is -0.870. The first-order valence-corrected chi connectivity index (χ1v) is 6.29. The van der Waals surface area contributed by atoms with Crippen LogP contribution in [-0.4, -0.2) is 24.2 Å². The lowest BCUT2D eigenvalue weighted by atomic mass is 10.3. The number of carbonyl (C=O) groups excluding carboxylic acids is 2. The second-order valence-electron chi connectivity index (χ2n) is 3.73. The van der Waals surface area contributed by atoms with E-state index in [0.29, 0.717) is 0 Å². The van der Waals surface area contributed by atoms with Crippen molar-refractivity contribution >= 4 is 23.7 Å². The van der Waals surface area contributed by atoms with Gasteiger partial charge >= 0.3 is 6.03 Å². The van der Waals surface area contributed by atoms with Crippen LogP contribution in [0.2, 0.25) is 0 Å². The maximum absolute atomic E-state index is 13.4. The number of halogens is 5. The third-order valence-corrected chi connectivity index (χ3v) is 3.46. The summed E-state index contributed by atoms with van der Waals surface area (Å²) in [5.41, 5.74) is 0. The van der Waals surface area contributed by atoms with Crippen LogP contribution in [0.3, 0.4) is 0 Å². The van der Waals surface area contributed by atoms with E-state index in [1.807, 2.05) is 5.32 Å². The minimum Gasteiger partial charge on any atom is -0.341 e. The zero-order chi connectivity index (χ0) is 16.3. The summed E-state index contributed by atoms with van der Waals surface area (Å²) >= 11 is 0.106. The molecule has 0 bridgehead atoms. The van der Waals surface area contributed by atoms with E-state index in [4.69, 9.17) is 0 Å². The Morgan fingerprint density at radius 1 is 0.952 bits per heavy atom.